The van der Waals surface area contributed by atoms with Gasteiger partial charge in [-0.2, -0.15) is 0 Å². The zero-order valence-corrected chi connectivity index (χ0v) is 13.3. The van der Waals surface area contributed by atoms with Crippen molar-refractivity contribution < 1.29 is 18.3 Å². The monoisotopic (exact) mass is 340 g/mol. The molecule has 0 amide bonds. The van der Waals surface area contributed by atoms with Gasteiger partial charge in [0.25, 0.3) is 0 Å². The van der Waals surface area contributed by atoms with Gasteiger partial charge in [-0.3, -0.25) is 0 Å². The standard InChI is InChI=1S/C16H15ClF2N2O2/c1-9(2)7-20-15-4-3-10(8-21-15)11-5-13-14(6-12(11)17)23-16(18,19)22-13/h3-6,8-9H,7H2,1-2H3,(H,20,21). The summed E-state index contributed by atoms with van der Waals surface area (Å²) < 4.78 is 35.0. The number of nitrogens with zero attached hydrogens (tertiary/aromatic N) is 1. The Hall–Kier alpha value is -2.08. The van der Waals surface area contributed by atoms with Crippen LogP contribution in [0, 0.1) is 5.92 Å². The van der Waals surface area contributed by atoms with Crippen LogP contribution in [0.4, 0.5) is 14.6 Å². The van der Waals surface area contributed by atoms with Crippen molar-refractivity contribution >= 4 is 17.4 Å². The number of alkyl halides is 2. The van der Waals surface area contributed by atoms with Crippen LogP contribution in [0.5, 0.6) is 11.5 Å². The molecule has 0 fully saturated rings. The van der Waals surface area contributed by atoms with Crippen LogP contribution in [0.1, 0.15) is 13.8 Å². The molecule has 2 aromatic rings. The second kappa shape index (κ2) is 5.85. The summed E-state index contributed by atoms with van der Waals surface area (Å²) in [5, 5.41) is 3.49. The highest BCUT2D eigenvalue weighted by molar-refractivity contribution is 6.33. The maximum absolute atomic E-state index is 13.1. The molecule has 0 saturated heterocycles. The lowest BCUT2D eigenvalue weighted by atomic mass is 10.1. The van der Waals surface area contributed by atoms with E-state index in [1.807, 2.05) is 12.1 Å². The van der Waals surface area contributed by atoms with Gasteiger partial charge in [-0.05, 0) is 24.1 Å². The Morgan fingerprint density at radius 2 is 1.91 bits per heavy atom. The Balaban J connectivity index is 1.85. The quantitative estimate of drug-likeness (QED) is 0.869. The van der Waals surface area contributed by atoms with Crippen molar-refractivity contribution in [3.8, 4) is 22.6 Å². The van der Waals surface area contributed by atoms with E-state index >= 15 is 0 Å². The highest BCUT2D eigenvalue weighted by Crippen LogP contribution is 2.45. The van der Waals surface area contributed by atoms with Gasteiger partial charge in [-0.1, -0.05) is 25.4 Å². The van der Waals surface area contributed by atoms with Gasteiger partial charge < -0.3 is 14.8 Å². The smallest absolute Gasteiger partial charge is 0.395 e. The molecule has 1 N–H and O–H groups in total. The van der Waals surface area contributed by atoms with Crippen LogP contribution in [-0.4, -0.2) is 17.8 Å². The summed E-state index contributed by atoms with van der Waals surface area (Å²) >= 11 is 6.15. The fourth-order valence-electron chi connectivity index (χ4n) is 2.16. The number of hydrogen-bond acceptors (Lipinski definition) is 4. The number of halogens is 3. The Morgan fingerprint density at radius 3 is 2.52 bits per heavy atom. The molecule has 0 atom stereocenters. The molecule has 1 aromatic heterocycles. The SMILES string of the molecule is CC(C)CNc1ccc(-c2cc3c(cc2Cl)OC(F)(F)O3)cn1. The molecular weight excluding hydrogens is 326 g/mol. The number of anilines is 1. The van der Waals surface area contributed by atoms with E-state index < -0.39 is 6.29 Å². The molecule has 122 valence electrons. The number of nitrogens with one attached hydrogen (secondary N) is 1. The lowest BCUT2D eigenvalue weighted by molar-refractivity contribution is -0.286. The molecule has 1 aliphatic rings. The fraction of sp³-hybridized carbons (Fsp3) is 0.312. The molecule has 0 radical (unpaired) electrons. The zero-order valence-electron chi connectivity index (χ0n) is 12.6. The first-order chi connectivity index (χ1) is 10.8. The van der Waals surface area contributed by atoms with Gasteiger partial charge in [0.1, 0.15) is 5.82 Å². The molecule has 0 aliphatic carbocycles. The number of benzene rings is 1. The first kappa shape index (κ1) is 15.8. The number of fused-ring (bicyclic) bond motifs is 1. The first-order valence-corrected chi connectivity index (χ1v) is 7.51. The van der Waals surface area contributed by atoms with E-state index in [9.17, 15) is 8.78 Å². The Bertz CT molecular complexity index is 721. The molecule has 0 unspecified atom stereocenters. The largest absolute Gasteiger partial charge is 0.586 e. The Kier molecular flexibility index (Phi) is 4.02. The molecule has 0 saturated carbocycles. The Morgan fingerprint density at radius 1 is 1.22 bits per heavy atom. The van der Waals surface area contributed by atoms with E-state index in [1.54, 1.807) is 6.20 Å². The average Bonchev–Trinajstić information content (AvgIpc) is 2.78. The molecule has 0 bridgehead atoms. The van der Waals surface area contributed by atoms with Crippen LogP contribution in [-0.2, 0) is 0 Å². The lowest BCUT2D eigenvalue weighted by Crippen LogP contribution is -2.25. The molecule has 4 nitrogen and oxygen atoms in total. The molecule has 2 heterocycles. The van der Waals surface area contributed by atoms with Crippen LogP contribution in [0.15, 0.2) is 30.5 Å². The summed E-state index contributed by atoms with van der Waals surface area (Å²) in [7, 11) is 0. The number of ether oxygens (including phenoxy) is 2. The van der Waals surface area contributed by atoms with Crippen molar-refractivity contribution in [3.05, 3.63) is 35.5 Å². The third-order valence-corrected chi connectivity index (χ3v) is 3.57. The maximum atomic E-state index is 13.1. The van der Waals surface area contributed by atoms with E-state index in [2.05, 4.69) is 33.6 Å². The minimum absolute atomic E-state index is 0.0450. The van der Waals surface area contributed by atoms with Gasteiger partial charge >= 0.3 is 6.29 Å². The van der Waals surface area contributed by atoms with Crippen LogP contribution < -0.4 is 14.8 Å². The summed E-state index contributed by atoms with van der Waals surface area (Å²) in [6.45, 7) is 5.01. The van der Waals surface area contributed by atoms with Crippen molar-refractivity contribution in [2.75, 3.05) is 11.9 Å². The third kappa shape index (κ3) is 3.47. The Labute approximate surface area is 137 Å². The van der Waals surface area contributed by atoms with E-state index in [1.165, 1.54) is 12.1 Å². The van der Waals surface area contributed by atoms with Gasteiger partial charge in [0.2, 0.25) is 0 Å². The lowest BCUT2D eigenvalue weighted by Gasteiger charge is -2.09. The average molecular weight is 341 g/mol. The topological polar surface area (TPSA) is 43.4 Å². The number of hydrogen-bond donors (Lipinski definition) is 1. The first-order valence-electron chi connectivity index (χ1n) is 7.14. The number of rotatable bonds is 4. The van der Waals surface area contributed by atoms with Crippen LogP contribution in [0.2, 0.25) is 5.02 Å². The van der Waals surface area contributed by atoms with Crippen molar-refractivity contribution in [3.63, 3.8) is 0 Å². The second-order valence-electron chi connectivity index (χ2n) is 5.65. The van der Waals surface area contributed by atoms with E-state index in [0.717, 1.165) is 12.4 Å². The van der Waals surface area contributed by atoms with Gasteiger partial charge in [0.15, 0.2) is 11.5 Å². The van der Waals surface area contributed by atoms with Gasteiger partial charge in [-0.25, -0.2) is 4.98 Å². The van der Waals surface area contributed by atoms with Gasteiger partial charge in [0.05, 0.1) is 5.02 Å². The van der Waals surface area contributed by atoms with E-state index in [0.29, 0.717) is 17.0 Å². The summed E-state index contributed by atoms with van der Waals surface area (Å²) in [5.74, 6) is 1.12. The zero-order chi connectivity index (χ0) is 16.6. The maximum Gasteiger partial charge on any atom is 0.586 e. The van der Waals surface area contributed by atoms with Gasteiger partial charge in [0, 0.05) is 29.9 Å². The predicted octanol–water partition coefficient (Wildman–Crippen LogP) is 4.79. The van der Waals surface area contributed by atoms with Crippen molar-refractivity contribution in [2.45, 2.75) is 20.1 Å². The molecule has 23 heavy (non-hydrogen) atoms. The van der Waals surface area contributed by atoms with E-state index in [-0.39, 0.29) is 16.5 Å². The molecule has 1 aromatic carbocycles. The fourth-order valence-corrected chi connectivity index (χ4v) is 2.42. The van der Waals surface area contributed by atoms with E-state index in [4.69, 9.17) is 11.6 Å². The minimum atomic E-state index is -3.66. The molecule has 1 aliphatic heterocycles. The molecule has 3 rings (SSSR count). The summed E-state index contributed by atoms with van der Waals surface area (Å²) in [4.78, 5) is 4.30. The van der Waals surface area contributed by atoms with Crippen molar-refractivity contribution in [1.29, 1.82) is 0 Å². The van der Waals surface area contributed by atoms with Crippen LogP contribution in [0.25, 0.3) is 11.1 Å². The predicted molar refractivity (Wildman–Crippen MR) is 84.2 cm³/mol. The van der Waals surface area contributed by atoms with Crippen LogP contribution >= 0.6 is 11.6 Å². The summed E-state index contributed by atoms with van der Waals surface area (Å²) in [6.07, 6.45) is -2.03. The van der Waals surface area contributed by atoms with Crippen molar-refractivity contribution in [2.24, 2.45) is 5.92 Å². The van der Waals surface area contributed by atoms with Crippen LogP contribution in [0.3, 0.4) is 0 Å². The minimum Gasteiger partial charge on any atom is -0.395 e. The number of aromatic nitrogens is 1. The highest BCUT2D eigenvalue weighted by atomic mass is 35.5. The number of pyridine rings is 1. The van der Waals surface area contributed by atoms with Gasteiger partial charge in [-0.15, -0.1) is 8.78 Å². The highest BCUT2D eigenvalue weighted by Gasteiger charge is 2.43. The van der Waals surface area contributed by atoms with Crippen molar-refractivity contribution in [1.82, 2.24) is 4.98 Å². The molecular formula is C16H15ClF2N2O2. The summed E-state index contributed by atoms with van der Waals surface area (Å²) in [6, 6.07) is 6.37. The molecule has 0 spiro atoms. The molecule has 7 heteroatoms. The second-order valence-corrected chi connectivity index (χ2v) is 6.06. The third-order valence-electron chi connectivity index (χ3n) is 3.26. The normalized spacial score (nSPS) is 15.0. The summed E-state index contributed by atoms with van der Waals surface area (Å²) in [5.41, 5.74) is 1.25.